The number of likely N-dealkylation sites (N-methyl/N-ethyl adjacent to an activating group) is 1. The van der Waals surface area contributed by atoms with E-state index in [1.165, 1.54) is 12.2 Å². The normalized spacial score (nSPS) is 12.6. The van der Waals surface area contributed by atoms with Crippen molar-refractivity contribution in [3.05, 3.63) is 87.2 Å². The number of aromatic nitrogens is 1. The minimum absolute atomic E-state index is 0.0138. The van der Waals surface area contributed by atoms with Gasteiger partial charge in [-0.2, -0.15) is 0 Å². The Kier molecular flexibility index (Phi) is 6.29. The number of nitrogens with one attached hydrogen (secondary N) is 2. The number of carbonyl (C=O) groups excluding carboxylic acids is 1. The molecule has 3 aromatic rings. The van der Waals surface area contributed by atoms with Crippen LogP contribution in [0.2, 0.25) is 5.02 Å². The minimum Gasteiger partial charge on any atom is -0.351 e. The highest BCUT2D eigenvalue weighted by Gasteiger charge is 2.15. The van der Waals surface area contributed by atoms with Crippen LogP contribution in [0.5, 0.6) is 0 Å². The molecule has 28 heavy (non-hydrogen) atoms. The van der Waals surface area contributed by atoms with E-state index < -0.39 is 0 Å². The Labute approximate surface area is 168 Å². The van der Waals surface area contributed by atoms with Gasteiger partial charge in [0.1, 0.15) is 0 Å². The summed E-state index contributed by atoms with van der Waals surface area (Å²) in [6.07, 6.45) is 2.91. The number of halogens is 1. The van der Waals surface area contributed by atoms with Crippen LogP contribution in [0.25, 0.3) is 17.0 Å². The van der Waals surface area contributed by atoms with Gasteiger partial charge in [0.15, 0.2) is 0 Å². The molecule has 0 radical (unpaired) electrons. The largest absolute Gasteiger partial charge is 0.351 e. The first-order valence-electron chi connectivity index (χ1n) is 8.94. The Morgan fingerprint density at radius 2 is 1.96 bits per heavy atom. The molecule has 1 aromatic heterocycles. The number of fused-ring (bicyclic) bond motifs is 1. The van der Waals surface area contributed by atoms with Crippen LogP contribution >= 0.6 is 11.6 Å². The van der Waals surface area contributed by atoms with E-state index in [0.29, 0.717) is 17.1 Å². The quantitative estimate of drug-likeness (QED) is 0.626. The second-order valence-corrected chi connectivity index (χ2v) is 7.19. The molecule has 1 unspecified atom stereocenters. The Bertz CT molecular complexity index is 1070. The molecule has 0 fully saturated rings. The van der Waals surface area contributed by atoms with Crippen LogP contribution in [0.4, 0.5) is 0 Å². The maximum atomic E-state index is 12.3. The van der Waals surface area contributed by atoms with Gasteiger partial charge in [-0.3, -0.25) is 9.59 Å². The van der Waals surface area contributed by atoms with Crippen molar-refractivity contribution in [1.29, 1.82) is 0 Å². The maximum absolute atomic E-state index is 12.3. The van der Waals surface area contributed by atoms with Gasteiger partial charge in [-0.1, -0.05) is 41.9 Å². The van der Waals surface area contributed by atoms with Gasteiger partial charge in [-0.05, 0) is 55.4 Å². The summed E-state index contributed by atoms with van der Waals surface area (Å²) in [5.41, 5.74) is 2.00. The second kappa shape index (κ2) is 8.87. The molecule has 0 aliphatic carbocycles. The molecule has 2 N–H and O–H groups in total. The lowest BCUT2D eigenvalue weighted by Gasteiger charge is -2.25. The van der Waals surface area contributed by atoms with Crippen LogP contribution < -0.4 is 10.9 Å². The molecular formula is C22H22ClN3O2. The van der Waals surface area contributed by atoms with E-state index in [0.717, 1.165) is 16.5 Å². The third-order valence-corrected chi connectivity index (χ3v) is 4.76. The molecule has 2 aromatic carbocycles. The molecule has 0 aliphatic rings. The van der Waals surface area contributed by atoms with Gasteiger partial charge in [-0.25, -0.2) is 0 Å². The van der Waals surface area contributed by atoms with Crippen LogP contribution in [0.15, 0.2) is 65.5 Å². The van der Waals surface area contributed by atoms with E-state index >= 15 is 0 Å². The summed E-state index contributed by atoms with van der Waals surface area (Å²) in [7, 11) is 3.89. The van der Waals surface area contributed by atoms with Crippen LogP contribution in [0.1, 0.15) is 17.2 Å². The molecule has 5 nitrogen and oxygen atoms in total. The molecule has 3 rings (SSSR count). The molecule has 0 bridgehead atoms. The number of hydrogen-bond acceptors (Lipinski definition) is 3. The van der Waals surface area contributed by atoms with Gasteiger partial charge >= 0.3 is 0 Å². The molecule has 0 saturated heterocycles. The number of aromatic amines is 1. The summed E-state index contributed by atoms with van der Waals surface area (Å²) in [4.78, 5) is 29.3. The van der Waals surface area contributed by atoms with Crippen molar-refractivity contribution in [2.45, 2.75) is 6.04 Å². The van der Waals surface area contributed by atoms with Crippen LogP contribution in [-0.2, 0) is 4.79 Å². The predicted molar refractivity (Wildman–Crippen MR) is 114 cm³/mol. The van der Waals surface area contributed by atoms with E-state index in [1.54, 1.807) is 6.07 Å². The molecule has 1 atom stereocenters. The zero-order valence-corrected chi connectivity index (χ0v) is 16.5. The van der Waals surface area contributed by atoms with E-state index in [9.17, 15) is 9.59 Å². The first kappa shape index (κ1) is 19.9. The van der Waals surface area contributed by atoms with Crippen LogP contribution in [0.3, 0.4) is 0 Å². The SMILES string of the molecule is CN(C)C(CNC(=O)/C=C/c1cc2ccccc2[nH]c1=O)c1cccc(Cl)c1. The number of para-hydroxylation sites is 1. The number of benzene rings is 2. The number of nitrogens with zero attached hydrogens (tertiary/aromatic N) is 1. The van der Waals surface area contributed by atoms with Crippen molar-refractivity contribution < 1.29 is 4.79 Å². The lowest BCUT2D eigenvalue weighted by Crippen LogP contribution is -2.33. The average Bonchev–Trinajstić information content (AvgIpc) is 2.66. The standard InChI is InChI=1S/C22H22ClN3O2/c1-26(2)20(16-7-5-8-18(23)13-16)14-24-21(27)11-10-17-12-15-6-3-4-9-19(15)25-22(17)28/h3-13,20H,14H2,1-2H3,(H,24,27)(H,25,28)/b11-10+. The topological polar surface area (TPSA) is 65.2 Å². The van der Waals surface area contributed by atoms with Crippen molar-refractivity contribution in [1.82, 2.24) is 15.2 Å². The van der Waals surface area contributed by atoms with Crippen molar-refractivity contribution >= 4 is 34.5 Å². The highest BCUT2D eigenvalue weighted by molar-refractivity contribution is 6.30. The third-order valence-electron chi connectivity index (χ3n) is 4.52. The van der Waals surface area contributed by atoms with Gasteiger partial charge in [0.2, 0.25) is 5.91 Å². The highest BCUT2D eigenvalue weighted by atomic mass is 35.5. The highest BCUT2D eigenvalue weighted by Crippen LogP contribution is 2.21. The van der Waals surface area contributed by atoms with Crippen molar-refractivity contribution in [3.8, 4) is 0 Å². The second-order valence-electron chi connectivity index (χ2n) is 6.75. The Balaban J connectivity index is 1.69. The third kappa shape index (κ3) is 4.88. The fourth-order valence-electron chi connectivity index (χ4n) is 3.02. The average molecular weight is 396 g/mol. The van der Waals surface area contributed by atoms with E-state index in [-0.39, 0.29) is 17.5 Å². The minimum atomic E-state index is -0.263. The first-order chi connectivity index (χ1) is 13.4. The van der Waals surface area contributed by atoms with Gasteiger partial charge in [0.05, 0.1) is 6.04 Å². The van der Waals surface area contributed by atoms with E-state index in [2.05, 4.69) is 10.3 Å². The summed E-state index contributed by atoms with van der Waals surface area (Å²) in [6, 6.07) is 16.9. The zero-order chi connectivity index (χ0) is 20.1. The van der Waals surface area contributed by atoms with Gasteiger partial charge in [-0.15, -0.1) is 0 Å². The van der Waals surface area contributed by atoms with Gasteiger partial charge in [0.25, 0.3) is 5.56 Å². The Hall–Kier alpha value is -2.89. The van der Waals surface area contributed by atoms with Crippen molar-refractivity contribution in [3.63, 3.8) is 0 Å². The number of amides is 1. The summed E-state index contributed by atoms with van der Waals surface area (Å²) in [5, 5.41) is 4.46. The summed E-state index contributed by atoms with van der Waals surface area (Å²) in [5.74, 6) is -0.263. The molecule has 6 heteroatoms. The number of hydrogen-bond donors (Lipinski definition) is 2. The zero-order valence-electron chi connectivity index (χ0n) is 15.8. The summed E-state index contributed by atoms with van der Waals surface area (Å²) in [6.45, 7) is 0.421. The number of pyridine rings is 1. The Morgan fingerprint density at radius 1 is 1.18 bits per heavy atom. The summed E-state index contributed by atoms with van der Waals surface area (Å²) < 4.78 is 0. The van der Waals surface area contributed by atoms with Crippen LogP contribution in [-0.4, -0.2) is 36.4 Å². The lowest BCUT2D eigenvalue weighted by atomic mass is 10.1. The number of rotatable bonds is 6. The number of carbonyl (C=O) groups is 1. The van der Waals surface area contributed by atoms with E-state index in [4.69, 9.17) is 11.6 Å². The Morgan fingerprint density at radius 3 is 2.71 bits per heavy atom. The predicted octanol–water partition coefficient (Wildman–Crippen LogP) is 3.61. The van der Waals surface area contributed by atoms with Gasteiger partial charge in [0, 0.05) is 28.7 Å². The number of H-pyrrole nitrogens is 1. The van der Waals surface area contributed by atoms with E-state index in [1.807, 2.05) is 67.5 Å². The molecule has 0 aliphatic heterocycles. The molecule has 0 saturated carbocycles. The fourth-order valence-corrected chi connectivity index (χ4v) is 3.22. The fraction of sp³-hybridized carbons (Fsp3) is 0.182. The molecule has 1 heterocycles. The van der Waals surface area contributed by atoms with Crippen molar-refractivity contribution in [2.75, 3.05) is 20.6 Å². The first-order valence-corrected chi connectivity index (χ1v) is 9.32. The van der Waals surface area contributed by atoms with Crippen molar-refractivity contribution in [2.24, 2.45) is 0 Å². The molecular weight excluding hydrogens is 374 g/mol. The van der Waals surface area contributed by atoms with Gasteiger partial charge < -0.3 is 15.2 Å². The lowest BCUT2D eigenvalue weighted by molar-refractivity contribution is -0.116. The summed E-state index contributed by atoms with van der Waals surface area (Å²) >= 11 is 6.08. The van der Waals surface area contributed by atoms with Crippen LogP contribution in [0, 0.1) is 0 Å². The molecule has 0 spiro atoms. The smallest absolute Gasteiger partial charge is 0.255 e. The molecule has 1 amide bonds. The monoisotopic (exact) mass is 395 g/mol. The molecule has 144 valence electrons. The maximum Gasteiger partial charge on any atom is 0.255 e.